The van der Waals surface area contributed by atoms with Crippen LogP contribution in [0.3, 0.4) is 0 Å². The van der Waals surface area contributed by atoms with Gasteiger partial charge in [-0.1, -0.05) is 6.92 Å². The SMILES string of the molecule is CCCC(=O)OCC(N)F. The number of hydrogen-bond donors (Lipinski definition) is 1. The van der Waals surface area contributed by atoms with Crippen LogP contribution < -0.4 is 5.73 Å². The van der Waals surface area contributed by atoms with Gasteiger partial charge in [-0.3, -0.25) is 10.5 Å². The number of nitrogens with two attached hydrogens (primary N) is 1. The van der Waals surface area contributed by atoms with Gasteiger partial charge in [-0.05, 0) is 6.42 Å². The third-order valence-electron chi connectivity index (χ3n) is 0.858. The Labute approximate surface area is 59.3 Å². The van der Waals surface area contributed by atoms with Gasteiger partial charge in [0.25, 0.3) is 0 Å². The van der Waals surface area contributed by atoms with Crippen LogP contribution in [0.2, 0.25) is 0 Å². The highest BCUT2D eigenvalue weighted by molar-refractivity contribution is 5.69. The second-order valence-electron chi connectivity index (χ2n) is 1.95. The highest BCUT2D eigenvalue weighted by Gasteiger charge is 2.03. The van der Waals surface area contributed by atoms with Crippen LogP contribution >= 0.6 is 0 Å². The number of carbonyl (C=O) groups is 1. The standard InChI is InChI=1S/C6H12FNO2/c1-2-3-6(9)10-4-5(7)8/h5H,2-4,8H2,1H3. The molecule has 0 aromatic carbocycles. The molecule has 0 aromatic heterocycles. The first kappa shape index (κ1) is 9.36. The number of carbonyl (C=O) groups excluding carboxylic acids is 1. The van der Waals surface area contributed by atoms with Crippen LogP contribution in [0.5, 0.6) is 0 Å². The first-order valence-corrected chi connectivity index (χ1v) is 3.22. The second kappa shape index (κ2) is 5.17. The van der Waals surface area contributed by atoms with Gasteiger partial charge in [-0.15, -0.1) is 0 Å². The summed E-state index contributed by atoms with van der Waals surface area (Å²) in [6.45, 7) is 1.51. The van der Waals surface area contributed by atoms with E-state index in [-0.39, 0.29) is 6.61 Å². The average molecular weight is 149 g/mol. The van der Waals surface area contributed by atoms with Crippen molar-refractivity contribution in [3.05, 3.63) is 0 Å². The lowest BCUT2D eigenvalue weighted by molar-refractivity contribution is -0.145. The molecule has 0 fully saturated rings. The monoisotopic (exact) mass is 149 g/mol. The summed E-state index contributed by atoms with van der Waals surface area (Å²) in [6.07, 6.45) is -0.520. The van der Waals surface area contributed by atoms with E-state index in [1.54, 1.807) is 0 Å². The number of esters is 1. The summed E-state index contributed by atoms with van der Waals surface area (Å²) in [7, 11) is 0. The number of hydrogen-bond acceptors (Lipinski definition) is 3. The van der Waals surface area contributed by atoms with Crippen LogP contribution in [0, 0.1) is 0 Å². The molecule has 0 bridgehead atoms. The van der Waals surface area contributed by atoms with Crippen LogP contribution in [0.4, 0.5) is 4.39 Å². The third kappa shape index (κ3) is 5.50. The van der Waals surface area contributed by atoms with Crippen molar-refractivity contribution < 1.29 is 13.9 Å². The van der Waals surface area contributed by atoms with Crippen molar-refractivity contribution in [1.82, 2.24) is 0 Å². The van der Waals surface area contributed by atoms with Gasteiger partial charge in [-0.25, -0.2) is 4.39 Å². The van der Waals surface area contributed by atoms with Crippen LogP contribution in [-0.2, 0) is 9.53 Å². The van der Waals surface area contributed by atoms with Gasteiger partial charge in [0.05, 0.1) is 0 Å². The van der Waals surface area contributed by atoms with Crippen molar-refractivity contribution in [2.75, 3.05) is 6.61 Å². The molecule has 0 radical (unpaired) electrons. The van der Waals surface area contributed by atoms with Gasteiger partial charge >= 0.3 is 5.97 Å². The fraction of sp³-hybridized carbons (Fsp3) is 0.833. The maximum absolute atomic E-state index is 11.8. The smallest absolute Gasteiger partial charge is 0.305 e. The van der Waals surface area contributed by atoms with Gasteiger partial charge in [-0.2, -0.15) is 0 Å². The number of halogens is 1. The van der Waals surface area contributed by atoms with Crippen LogP contribution in [0.15, 0.2) is 0 Å². The zero-order chi connectivity index (χ0) is 7.98. The molecule has 3 nitrogen and oxygen atoms in total. The summed E-state index contributed by atoms with van der Waals surface area (Å²) in [5.41, 5.74) is 4.69. The Hall–Kier alpha value is -0.640. The summed E-state index contributed by atoms with van der Waals surface area (Å²) in [4.78, 5) is 10.5. The van der Waals surface area contributed by atoms with Crippen molar-refractivity contribution in [3.63, 3.8) is 0 Å². The quantitative estimate of drug-likeness (QED) is 0.470. The Morgan fingerprint density at radius 1 is 1.80 bits per heavy atom. The topological polar surface area (TPSA) is 52.3 Å². The van der Waals surface area contributed by atoms with Crippen molar-refractivity contribution in [3.8, 4) is 0 Å². The molecule has 0 spiro atoms. The zero-order valence-electron chi connectivity index (χ0n) is 5.97. The molecule has 4 heteroatoms. The molecule has 60 valence electrons. The number of ether oxygens (including phenoxy) is 1. The Morgan fingerprint density at radius 3 is 2.80 bits per heavy atom. The van der Waals surface area contributed by atoms with Crippen molar-refractivity contribution >= 4 is 5.97 Å². The van der Waals surface area contributed by atoms with E-state index in [4.69, 9.17) is 5.73 Å². The Balaban J connectivity index is 3.22. The van der Waals surface area contributed by atoms with E-state index in [2.05, 4.69) is 4.74 Å². The zero-order valence-corrected chi connectivity index (χ0v) is 5.97. The van der Waals surface area contributed by atoms with Crippen molar-refractivity contribution in [2.45, 2.75) is 26.1 Å². The average Bonchev–Trinajstić information content (AvgIpc) is 1.85. The Kier molecular flexibility index (Phi) is 4.84. The molecule has 0 aliphatic heterocycles. The summed E-state index contributed by atoms with van der Waals surface area (Å²) < 4.78 is 16.2. The fourth-order valence-corrected chi connectivity index (χ4v) is 0.449. The summed E-state index contributed by atoms with van der Waals surface area (Å²) >= 11 is 0. The highest BCUT2D eigenvalue weighted by Crippen LogP contribution is 1.91. The molecule has 0 saturated heterocycles. The maximum atomic E-state index is 11.8. The highest BCUT2D eigenvalue weighted by atomic mass is 19.1. The van der Waals surface area contributed by atoms with Crippen LogP contribution in [0.25, 0.3) is 0 Å². The third-order valence-corrected chi connectivity index (χ3v) is 0.858. The Bertz CT molecular complexity index is 106. The molecule has 10 heavy (non-hydrogen) atoms. The first-order valence-electron chi connectivity index (χ1n) is 3.22. The van der Waals surface area contributed by atoms with Gasteiger partial charge in [0.2, 0.25) is 0 Å². The second-order valence-corrected chi connectivity index (χ2v) is 1.95. The van der Waals surface area contributed by atoms with Crippen LogP contribution in [-0.4, -0.2) is 18.9 Å². The number of alkyl halides is 1. The predicted molar refractivity (Wildman–Crippen MR) is 35.0 cm³/mol. The molecule has 1 unspecified atom stereocenters. The lowest BCUT2D eigenvalue weighted by Gasteiger charge is -2.02. The van der Waals surface area contributed by atoms with E-state index in [0.717, 1.165) is 0 Å². The molecule has 0 amide bonds. The minimum absolute atomic E-state index is 0.326. The largest absolute Gasteiger partial charge is 0.461 e. The van der Waals surface area contributed by atoms with Crippen LogP contribution in [0.1, 0.15) is 19.8 Å². The summed E-state index contributed by atoms with van der Waals surface area (Å²) in [5, 5.41) is 0. The maximum Gasteiger partial charge on any atom is 0.305 e. The summed E-state index contributed by atoms with van der Waals surface area (Å²) in [6, 6.07) is 0. The molecule has 2 N–H and O–H groups in total. The normalized spacial score (nSPS) is 12.7. The molecular weight excluding hydrogens is 137 g/mol. The van der Waals surface area contributed by atoms with Crippen molar-refractivity contribution in [2.24, 2.45) is 5.73 Å². The van der Waals surface area contributed by atoms with E-state index in [1.165, 1.54) is 0 Å². The van der Waals surface area contributed by atoms with Crippen molar-refractivity contribution in [1.29, 1.82) is 0 Å². The molecule has 0 aromatic rings. The van der Waals surface area contributed by atoms with Gasteiger partial charge in [0, 0.05) is 6.42 Å². The minimum atomic E-state index is -1.55. The minimum Gasteiger partial charge on any atom is -0.461 e. The molecule has 0 rings (SSSR count). The Morgan fingerprint density at radius 2 is 2.40 bits per heavy atom. The van der Waals surface area contributed by atoms with E-state index in [1.807, 2.05) is 6.92 Å². The first-order chi connectivity index (χ1) is 4.66. The molecule has 0 saturated carbocycles. The van der Waals surface area contributed by atoms with Gasteiger partial charge < -0.3 is 4.74 Å². The predicted octanol–water partition coefficient (Wildman–Crippen LogP) is 0.584. The van der Waals surface area contributed by atoms with E-state index >= 15 is 0 Å². The van der Waals surface area contributed by atoms with Gasteiger partial charge in [0.1, 0.15) is 6.61 Å². The lowest BCUT2D eigenvalue weighted by Crippen LogP contribution is -2.22. The lowest BCUT2D eigenvalue weighted by atomic mass is 10.3. The fourth-order valence-electron chi connectivity index (χ4n) is 0.449. The van der Waals surface area contributed by atoms with E-state index in [9.17, 15) is 9.18 Å². The molecule has 0 aliphatic rings. The molecular formula is C6H12FNO2. The number of rotatable bonds is 4. The van der Waals surface area contributed by atoms with E-state index in [0.29, 0.717) is 12.8 Å². The molecule has 1 atom stereocenters. The molecule has 0 heterocycles. The summed E-state index contributed by atoms with van der Waals surface area (Å²) in [5.74, 6) is -0.393. The van der Waals surface area contributed by atoms with Gasteiger partial charge in [0.15, 0.2) is 6.30 Å². The molecule has 0 aliphatic carbocycles. The van der Waals surface area contributed by atoms with E-state index < -0.39 is 12.3 Å².